The first kappa shape index (κ1) is 23.5. The Morgan fingerprint density at radius 2 is 1.65 bits per heavy atom. The van der Waals surface area contributed by atoms with E-state index in [1.54, 1.807) is 54.6 Å². The van der Waals surface area contributed by atoms with Crippen molar-refractivity contribution in [1.29, 1.82) is 0 Å². The number of rotatable bonds is 7. The molecule has 8 heteroatoms. The topological polar surface area (TPSA) is 77.0 Å². The Labute approximate surface area is 209 Å². The van der Waals surface area contributed by atoms with Crippen LogP contribution in [-0.2, 0) is 4.79 Å². The monoisotopic (exact) mass is 536 g/mol. The van der Waals surface area contributed by atoms with Crippen molar-refractivity contribution in [2.24, 2.45) is 5.10 Å². The number of hydrogen-bond acceptors (Lipinski definition) is 5. The fraction of sp³-hybridized carbons (Fsp3) is 0.0385. The van der Waals surface area contributed by atoms with Crippen LogP contribution >= 0.6 is 27.5 Å². The van der Waals surface area contributed by atoms with E-state index in [2.05, 4.69) is 26.5 Å². The zero-order chi connectivity index (χ0) is 23.9. The highest BCUT2D eigenvalue weighted by Gasteiger charge is 2.11. The van der Waals surface area contributed by atoms with E-state index in [0.717, 1.165) is 15.2 Å². The van der Waals surface area contributed by atoms with E-state index in [1.807, 2.05) is 30.3 Å². The maximum absolute atomic E-state index is 12.4. The first-order valence-electron chi connectivity index (χ1n) is 10.2. The van der Waals surface area contributed by atoms with Gasteiger partial charge in [-0.2, -0.15) is 5.10 Å². The molecular weight excluding hydrogens is 520 g/mol. The average Bonchev–Trinajstić information content (AvgIpc) is 2.85. The first-order valence-corrected chi connectivity index (χ1v) is 11.4. The predicted octanol–water partition coefficient (Wildman–Crippen LogP) is 6.00. The Morgan fingerprint density at radius 1 is 0.912 bits per heavy atom. The van der Waals surface area contributed by atoms with E-state index in [4.69, 9.17) is 21.1 Å². The molecule has 0 bridgehead atoms. The zero-order valence-electron chi connectivity index (χ0n) is 17.7. The zero-order valence-corrected chi connectivity index (χ0v) is 20.0. The Morgan fingerprint density at radius 3 is 2.47 bits per heavy atom. The molecule has 0 spiro atoms. The van der Waals surface area contributed by atoms with Gasteiger partial charge in [-0.15, -0.1) is 0 Å². The highest BCUT2D eigenvalue weighted by molar-refractivity contribution is 9.10. The third-order valence-electron chi connectivity index (χ3n) is 4.78. The van der Waals surface area contributed by atoms with E-state index in [0.29, 0.717) is 27.6 Å². The fourth-order valence-electron chi connectivity index (χ4n) is 3.10. The number of nitrogens with zero attached hydrogens (tertiary/aromatic N) is 1. The molecule has 0 unspecified atom stereocenters. The Balaban J connectivity index is 1.35. The molecule has 4 aromatic carbocycles. The van der Waals surface area contributed by atoms with Crippen LogP contribution in [0, 0.1) is 0 Å². The molecule has 170 valence electrons. The summed E-state index contributed by atoms with van der Waals surface area (Å²) in [5, 5.41) is 6.53. The Bertz CT molecular complexity index is 1370. The molecule has 6 nitrogen and oxygen atoms in total. The van der Waals surface area contributed by atoms with Gasteiger partial charge in [-0.3, -0.25) is 4.79 Å². The molecule has 34 heavy (non-hydrogen) atoms. The summed E-state index contributed by atoms with van der Waals surface area (Å²) in [5.41, 5.74) is 3.29. The summed E-state index contributed by atoms with van der Waals surface area (Å²) in [7, 11) is 0. The van der Waals surface area contributed by atoms with Gasteiger partial charge in [0.25, 0.3) is 5.91 Å². The van der Waals surface area contributed by atoms with Crippen LogP contribution in [0.5, 0.6) is 11.5 Å². The maximum Gasteiger partial charge on any atom is 0.343 e. The van der Waals surface area contributed by atoms with Gasteiger partial charge < -0.3 is 9.47 Å². The van der Waals surface area contributed by atoms with Crippen molar-refractivity contribution in [2.45, 2.75) is 0 Å². The second-order valence-electron chi connectivity index (χ2n) is 7.11. The van der Waals surface area contributed by atoms with Crippen molar-refractivity contribution in [3.8, 4) is 11.5 Å². The summed E-state index contributed by atoms with van der Waals surface area (Å²) in [5.74, 6) is -0.114. The van der Waals surface area contributed by atoms with Crippen molar-refractivity contribution in [2.75, 3.05) is 6.61 Å². The Kier molecular flexibility index (Phi) is 7.57. The van der Waals surface area contributed by atoms with Crippen molar-refractivity contribution < 1.29 is 19.1 Å². The molecule has 4 rings (SSSR count). The maximum atomic E-state index is 12.4. The van der Waals surface area contributed by atoms with E-state index >= 15 is 0 Å². The van der Waals surface area contributed by atoms with Gasteiger partial charge >= 0.3 is 5.97 Å². The lowest BCUT2D eigenvalue weighted by Gasteiger charge is -2.10. The molecule has 0 saturated heterocycles. The Hall–Kier alpha value is -3.68. The van der Waals surface area contributed by atoms with Gasteiger partial charge in [-0.25, -0.2) is 10.2 Å². The van der Waals surface area contributed by atoms with Gasteiger partial charge in [0, 0.05) is 10.6 Å². The van der Waals surface area contributed by atoms with Crippen LogP contribution in [0.4, 0.5) is 0 Å². The molecule has 4 aromatic rings. The molecular formula is C26H18BrClN2O4. The number of fused-ring (bicyclic) bond motifs is 1. The number of carbonyl (C=O) groups is 2. The summed E-state index contributed by atoms with van der Waals surface area (Å²) < 4.78 is 11.9. The normalized spacial score (nSPS) is 10.9. The van der Waals surface area contributed by atoms with Crippen LogP contribution in [0.1, 0.15) is 15.9 Å². The summed E-state index contributed by atoms with van der Waals surface area (Å²) in [6, 6.07) is 24.8. The fourth-order valence-corrected chi connectivity index (χ4v) is 3.83. The summed E-state index contributed by atoms with van der Waals surface area (Å²) in [4.78, 5) is 24.6. The molecule has 0 fully saturated rings. The standard InChI is InChI=1S/C26H18BrClN2O4/c27-25-21-7-3-1-5-17(21)11-14-23(25)33-16-24(31)30-29-15-19-6-2-4-8-22(19)34-26(32)18-9-12-20(28)13-10-18/h1-15H,16H2,(H,30,31)/b29-15+. The second-order valence-corrected chi connectivity index (χ2v) is 8.34. The molecule has 0 aliphatic heterocycles. The lowest BCUT2D eigenvalue weighted by molar-refractivity contribution is -0.123. The van der Waals surface area contributed by atoms with Gasteiger partial charge in [-0.05, 0) is 69.2 Å². The minimum absolute atomic E-state index is 0.221. The van der Waals surface area contributed by atoms with Crippen molar-refractivity contribution in [1.82, 2.24) is 5.43 Å². The number of esters is 1. The van der Waals surface area contributed by atoms with E-state index < -0.39 is 11.9 Å². The lowest BCUT2D eigenvalue weighted by Crippen LogP contribution is -2.24. The van der Waals surface area contributed by atoms with Gasteiger partial charge in [0.1, 0.15) is 11.5 Å². The quantitative estimate of drug-likeness (QED) is 0.136. The van der Waals surface area contributed by atoms with Gasteiger partial charge in [0.05, 0.1) is 16.3 Å². The van der Waals surface area contributed by atoms with Crippen LogP contribution in [-0.4, -0.2) is 24.7 Å². The molecule has 0 atom stereocenters. The summed E-state index contributed by atoms with van der Waals surface area (Å²) in [6.07, 6.45) is 1.40. The number of halogens is 2. The van der Waals surface area contributed by atoms with E-state index in [1.165, 1.54) is 6.21 Å². The van der Waals surface area contributed by atoms with Crippen LogP contribution in [0.3, 0.4) is 0 Å². The number of nitrogens with one attached hydrogen (secondary N) is 1. The van der Waals surface area contributed by atoms with Crippen molar-refractivity contribution in [3.63, 3.8) is 0 Å². The van der Waals surface area contributed by atoms with Gasteiger partial charge in [0.2, 0.25) is 0 Å². The molecule has 0 radical (unpaired) electrons. The van der Waals surface area contributed by atoms with Crippen molar-refractivity contribution >= 4 is 56.4 Å². The number of ether oxygens (including phenoxy) is 2. The molecule has 0 aliphatic rings. The van der Waals surface area contributed by atoms with Crippen LogP contribution in [0.25, 0.3) is 10.8 Å². The summed E-state index contributed by atoms with van der Waals surface area (Å²) in [6.45, 7) is -0.221. The number of hydrogen-bond donors (Lipinski definition) is 1. The second kappa shape index (κ2) is 11.0. The highest BCUT2D eigenvalue weighted by atomic mass is 79.9. The molecule has 0 heterocycles. The number of carbonyl (C=O) groups excluding carboxylic acids is 2. The van der Waals surface area contributed by atoms with Crippen LogP contribution in [0.15, 0.2) is 94.5 Å². The number of amides is 1. The molecule has 0 saturated carbocycles. The highest BCUT2D eigenvalue weighted by Crippen LogP contribution is 2.32. The number of para-hydroxylation sites is 1. The largest absolute Gasteiger partial charge is 0.483 e. The number of benzene rings is 4. The van der Waals surface area contributed by atoms with E-state index in [-0.39, 0.29) is 6.61 Å². The average molecular weight is 538 g/mol. The van der Waals surface area contributed by atoms with Gasteiger partial charge in [0.15, 0.2) is 6.61 Å². The molecule has 1 N–H and O–H groups in total. The predicted molar refractivity (Wildman–Crippen MR) is 136 cm³/mol. The van der Waals surface area contributed by atoms with Crippen LogP contribution in [0.2, 0.25) is 5.02 Å². The minimum atomic E-state index is -0.532. The molecule has 0 aromatic heterocycles. The number of hydrazone groups is 1. The van der Waals surface area contributed by atoms with Crippen LogP contribution < -0.4 is 14.9 Å². The SMILES string of the molecule is O=C(COc1ccc2ccccc2c1Br)N/N=C/c1ccccc1OC(=O)c1ccc(Cl)cc1. The molecule has 0 aliphatic carbocycles. The smallest absolute Gasteiger partial charge is 0.343 e. The van der Waals surface area contributed by atoms with Gasteiger partial charge in [-0.1, -0.05) is 54.1 Å². The third kappa shape index (κ3) is 5.81. The minimum Gasteiger partial charge on any atom is -0.483 e. The molecule has 1 amide bonds. The summed E-state index contributed by atoms with van der Waals surface area (Å²) >= 11 is 9.39. The lowest BCUT2D eigenvalue weighted by atomic mass is 10.1. The third-order valence-corrected chi connectivity index (χ3v) is 5.85. The first-order chi connectivity index (χ1) is 16.5. The van der Waals surface area contributed by atoms with Crippen molar-refractivity contribution in [3.05, 3.63) is 106 Å². The van der Waals surface area contributed by atoms with E-state index in [9.17, 15) is 9.59 Å².